The van der Waals surface area contributed by atoms with Gasteiger partial charge in [0.2, 0.25) is 5.95 Å². The zero-order valence-electron chi connectivity index (χ0n) is 18.8. The first kappa shape index (κ1) is 21.2. The van der Waals surface area contributed by atoms with E-state index < -0.39 is 0 Å². The minimum Gasteiger partial charge on any atom is -0.369 e. The Morgan fingerprint density at radius 3 is 2.16 bits per heavy atom. The molecule has 0 bridgehead atoms. The molecule has 0 unspecified atom stereocenters. The van der Waals surface area contributed by atoms with E-state index in [1.54, 1.807) is 0 Å². The van der Waals surface area contributed by atoms with Crippen molar-refractivity contribution in [2.24, 2.45) is 0 Å². The molecule has 0 aliphatic carbocycles. The Bertz CT molecular complexity index is 1120. The second-order valence-electron chi connectivity index (χ2n) is 8.43. The molecule has 160 valence electrons. The van der Waals surface area contributed by atoms with Gasteiger partial charge in [-0.25, -0.2) is 4.98 Å². The van der Waals surface area contributed by atoms with Crippen LogP contribution in [0.5, 0.6) is 0 Å². The number of hydrogen-bond acceptors (Lipinski definition) is 2. The highest BCUT2D eigenvalue weighted by Gasteiger charge is 2.09. The summed E-state index contributed by atoms with van der Waals surface area (Å²) in [7, 11) is 0. The van der Waals surface area contributed by atoms with Crippen molar-refractivity contribution in [2.75, 3.05) is 5.73 Å². The molecule has 1 aromatic heterocycles. The number of imidazole rings is 1. The van der Waals surface area contributed by atoms with E-state index in [0.29, 0.717) is 5.95 Å². The van der Waals surface area contributed by atoms with Gasteiger partial charge in [0.25, 0.3) is 0 Å². The zero-order valence-corrected chi connectivity index (χ0v) is 18.8. The van der Waals surface area contributed by atoms with Gasteiger partial charge in [0, 0.05) is 6.54 Å². The van der Waals surface area contributed by atoms with Crippen molar-refractivity contribution in [3.05, 3.63) is 94.5 Å². The van der Waals surface area contributed by atoms with E-state index in [-0.39, 0.29) is 0 Å². The van der Waals surface area contributed by atoms with Gasteiger partial charge < -0.3 is 10.3 Å². The summed E-state index contributed by atoms with van der Waals surface area (Å²) in [5, 5.41) is 0. The van der Waals surface area contributed by atoms with Crippen molar-refractivity contribution in [1.82, 2.24) is 9.55 Å². The maximum Gasteiger partial charge on any atom is 0.201 e. The number of anilines is 1. The fourth-order valence-electron chi connectivity index (χ4n) is 4.36. The molecule has 3 heteroatoms. The number of fused-ring (bicyclic) bond motifs is 1. The monoisotopic (exact) mass is 411 g/mol. The van der Waals surface area contributed by atoms with E-state index in [0.717, 1.165) is 56.1 Å². The van der Waals surface area contributed by atoms with Crippen LogP contribution in [0, 0.1) is 0 Å². The number of hydrogen-bond donors (Lipinski definition) is 1. The van der Waals surface area contributed by atoms with E-state index in [1.807, 2.05) is 0 Å². The smallest absolute Gasteiger partial charge is 0.201 e. The lowest BCUT2D eigenvalue weighted by Gasteiger charge is -2.09. The summed E-state index contributed by atoms with van der Waals surface area (Å²) >= 11 is 0. The molecule has 0 aliphatic rings. The van der Waals surface area contributed by atoms with Gasteiger partial charge in [-0.3, -0.25) is 0 Å². The topological polar surface area (TPSA) is 43.8 Å². The number of aryl methyl sites for hydroxylation is 4. The molecule has 4 rings (SSSR count). The summed E-state index contributed by atoms with van der Waals surface area (Å²) in [5.74, 6) is 0.619. The number of aromatic nitrogens is 2. The van der Waals surface area contributed by atoms with Crippen LogP contribution in [0.1, 0.15) is 54.5 Å². The molecule has 1 heterocycles. The molecule has 3 aromatic carbocycles. The first-order chi connectivity index (χ1) is 15.2. The minimum absolute atomic E-state index is 0.619. The number of nitrogens with two attached hydrogens (primary N) is 1. The molecule has 0 saturated heterocycles. The van der Waals surface area contributed by atoms with E-state index in [2.05, 4.69) is 90.1 Å². The summed E-state index contributed by atoms with van der Waals surface area (Å²) in [6.45, 7) is 5.38. The molecule has 0 atom stereocenters. The van der Waals surface area contributed by atoms with E-state index in [9.17, 15) is 0 Å². The van der Waals surface area contributed by atoms with Gasteiger partial charge in [-0.15, -0.1) is 0 Å². The summed E-state index contributed by atoms with van der Waals surface area (Å²) in [6, 6.07) is 24.2. The normalized spacial score (nSPS) is 11.3. The van der Waals surface area contributed by atoms with Gasteiger partial charge in [-0.05, 0) is 78.5 Å². The maximum atomic E-state index is 6.28. The Balaban J connectivity index is 1.40. The third-order valence-electron chi connectivity index (χ3n) is 6.12. The van der Waals surface area contributed by atoms with Crippen LogP contribution in [-0.4, -0.2) is 9.55 Å². The molecule has 0 aliphatic heterocycles. The van der Waals surface area contributed by atoms with Crippen molar-refractivity contribution in [3.8, 4) is 0 Å². The molecule has 0 spiro atoms. The van der Waals surface area contributed by atoms with E-state index >= 15 is 0 Å². The molecular formula is C28H33N3. The van der Waals surface area contributed by atoms with E-state index in [1.165, 1.54) is 27.8 Å². The molecule has 0 amide bonds. The lowest BCUT2D eigenvalue weighted by molar-refractivity contribution is 0.626. The Morgan fingerprint density at radius 2 is 1.45 bits per heavy atom. The average molecular weight is 412 g/mol. The molecule has 0 fully saturated rings. The summed E-state index contributed by atoms with van der Waals surface area (Å²) in [5.41, 5.74) is 15.4. The fraction of sp³-hybridized carbons (Fsp3) is 0.321. The van der Waals surface area contributed by atoms with Gasteiger partial charge in [-0.1, -0.05) is 68.4 Å². The molecule has 4 aromatic rings. The van der Waals surface area contributed by atoms with Gasteiger partial charge in [0.05, 0.1) is 11.0 Å². The lowest BCUT2D eigenvalue weighted by atomic mass is 9.99. The van der Waals surface area contributed by atoms with Crippen molar-refractivity contribution >= 4 is 17.0 Å². The highest BCUT2D eigenvalue weighted by Crippen LogP contribution is 2.22. The number of nitrogen functional groups attached to an aromatic ring is 1. The SMILES string of the molecule is CCc1cc(CC)cc(CCCCn2c(N)nc3cc(Cc4ccccc4)ccc32)c1. The van der Waals surface area contributed by atoms with Crippen LogP contribution >= 0.6 is 0 Å². The number of unbranched alkanes of at least 4 members (excludes halogenated alkanes) is 1. The predicted octanol–water partition coefficient (Wildman–Crippen LogP) is 6.36. The average Bonchev–Trinajstić information content (AvgIpc) is 3.11. The molecule has 3 nitrogen and oxygen atoms in total. The van der Waals surface area contributed by atoms with Gasteiger partial charge >= 0.3 is 0 Å². The Kier molecular flexibility index (Phi) is 6.71. The molecule has 0 radical (unpaired) electrons. The fourth-order valence-corrected chi connectivity index (χ4v) is 4.36. The number of benzene rings is 3. The molecular weight excluding hydrogens is 378 g/mol. The third-order valence-corrected chi connectivity index (χ3v) is 6.12. The maximum absolute atomic E-state index is 6.28. The van der Waals surface area contributed by atoms with Crippen LogP contribution < -0.4 is 5.73 Å². The predicted molar refractivity (Wildman–Crippen MR) is 132 cm³/mol. The Hall–Kier alpha value is -3.07. The number of rotatable bonds is 9. The van der Waals surface area contributed by atoms with Crippen LogP contribution in [0.15, 0.2) is 66.7 Å². The van der Waals surface area contributed by atoms with Gasteiger partial charge in [-0.2, -0.15) is 0 Å². The van der Waals surface area contributed by atoms with Crippen LogP contribution in [0.4, 0.5) is 5.95 Å². The first-order valence-electron chi connectivity index (χ1n) is 11.6. The van der Waals surface area contributed by atoms with Crippen molar-refractivity contribution < 1.29 is 0 Å². The standard InChI is InChI=1S/C28H33N3/c1-3-21-16-22(4-2)18-24(17-21)12-8-9-15-31-27-14-13-25(20-26(27)30-28(31)29)19-23-10-6-5-7-11-23/h5-7,10-11,13-14,16-18,20H,3-4,8-9,12,15,19H2,1-2H3,(H2,29,30). The van der Waals surface area contributed by atoms with Crippen LogP contribution in [0.2, 0.25) is 0 Å². The highest BCUT2D eigenvalue weighted by molar-refractivity contribution is 5.79. The Morgan fingerprint density at radius 1 is 0.742 bits per heavy atom. The summed E-state index contributed by atoms with van der Waals surface area (Å²) in [4.78, 5) is 4.64. The Labute approximate surface area is 185 Å². The summed E-state index contributed by atoms with van der Waals surface area (Å²) < 4.78 is 2.17. The zero-order chi connectivity index (χ0) is 21.6. The van der Waals surface area contributed by atoms with Gasteiger partial charge in [0.15, 0.2) is 0 Å². The van der Waals surface area contributed by atoms with Crippen LogP contribution in [-0.2, 0) is 32.2 Å². The number of nitrogens with zero attached hydrogens (tertiary/aromatic N) is 2. The summed E-state index contributed by atoms with van der Waals surface area (Å²) in [6.07, 6.45) is 6.49. The third kappa shape index (κ3) is 5.16. The highest BCUT2D eigenvalue weighted by atomic mass is 15.1. The largest absolute Gasteiger partial charge is 0.369 e. The first-order valence-corrected chi connectivity index (χ1v) is 11.6. The molecule has 2 N–H and O–H groups in total. The lowest BCUT2D eigenvalue weighted by Crippen LogP contribution is -2.04. The molecule has 31 heavy (non-hydrogen) atoms. The van der Waals surface area contributed by atoms with Crippen molar-refractivity contribution in [1.29, 1.82) is 0 Å². The quantitative estimate of drug-likeness (QED) is 0.326. The minimum atomic E-state index is 0.619. The second kappa shape index (κ2) is 9.82. The van der Waals surface area contributed by atoms with Crippen molar-refractivity contribution in [3.63, 3.8) is 0 Å². The van der Waals surface area contributed by atoms with E-state index in [4.69, 9.17) is 5.73 Å². The van der Waals surface area contributed by atoms with Crippen LogP contribution in [0.3, 0.4) is 0 Å². The van der Waals surface area contributed by atoms with Crippen LogP contribution in [0.25, 0.3) is 11.0 Å². The molecule has 0 saturated carbocycles. The van der Waals surface area contributed by atoms with Gasteiger partial charge in [0.1, 0.15) is 0 Å². The van der Waals surface area contributed by atoms with Crippen molar-refractivity contribution in [2.45, 2.75) is 58.9 Å². The second-order valence-corrected chi connectivity index (χ2v) is 8.43.